The number of aromatic nitrogens is 1. The van der Waals surface area contributed by atoms with Crippen molar-refractivity contribution in [3.8, 4) is 0 Å². The summed E-state index contributed by atoms with van der Waals surface area (Å²) in [5.74, 6) is -2.81. The predicted molar refractivity (Wildman–Crippen MR) is 121 cm³/mol. The lowest BCUT2D eigenvalue weighted by molar-refractivity contribution is -0.148. The average molecular weight is 474 g/mol. The number of fused-ring (bicyclic) bond motifs is 2. The molecule has 9 nitrogen and oxygen atoms in total. The minimum absolute atomic E-state index is 0.0101. The molecular weight excluding hydrogens is 446 g/mol. The summed E-state index contributed by atoms with van der Waals surface area (Å²) in [4.78, 5) is 25.1. The van der Waals surface area contributed by atoms with Gasteiger partial charge >= 0.3 is 5.97 Å². The number of benzene rings is 1. The standard InChI is InChI=1S/C23H27N3O6S/c1-11(2)18-16-9-10-17(18)20(23(28)29)19(16)21(27)24-14-5-7-15(8-6-14)33(30,31)26-22-12(3)13(4)25-32-22/h5-8,16-17,19-20,26H,9-10H2,1-4H3,(H,24,27)(H,28,29)/t16-,17-,19-,20+/m1/s1. The lowest BCUT2D eigenvalue weighted by atomic mass is 9.78. The third-order valence-corrected chi connectivity index (χ3v) is 8.17. The number of amides is 1. The van der Waals surface area contributed by atoms with E-state index in [4.69, 9.17) is 4.52 Å². The monoisotopic (exact) mass is 473 g/mol. The number of anilines is 2. The lowest BCUT2D eigenvalue weighted by Crippen LogP contribution is -2.37. The van der Waals surface area contributed by atoms with Gasteiger partial charge in [-0.1, -0.05) is 16.3 Å². The number of aliphatic carboxylic acids is 1. The molecule has 10 heteroatoms. The molecule has 2 fully saturated rings. The number of carbonyl (C=O) groups is 2. The highest BCUT2D eigenvalue weighted by Crippen LogP contribution is 2.57. The van der Waals surface area contributed by atoms with Crippen LogP contribution in [0.4, 0.5) is 11.6 Å². The van der Waals surface area contributed by atoms with Crippen molar-refractivity contribution in [2.24, 2.45) is 23.7 Å². The molecule has 33 heavy (non-hydrogen) atoms. The van der Waals surface area contributed by atoms with Crippen LogP contribution in [0.2, 0.25) is 0 Å². The molecular formula is C23H27N3O6S. The molecule has 2 saturated carbocycles. The van der Waals surface area contributed by atoms with Crippen molar-refractivity contribution >= 4 is 33.5 Å². The number of aryl methyl sites for hydroxylation is 1. The quantitative estimate of drug-likeness (QED) is 0.543. The van der Waals surface area contributed by atoms with E-state index in [0.717, 1.165) is 24.0 Å². The van der Waals surface area contributed by atoms with Gasteiger partial charge in [0.2, 0.25) is 11.8 Å². The molecule has 1 heterocycles. The van der Waals surface area contributed by atoms with E-state index in [2.05, 4.69) is 15.2 Å². The number of sulfonamides is 1. The molecule has 0 saturated heterocycles. The van der Waals surface area contributed by atoms with Crippen LogP contribution < -0.4 is 10.0 Å². The maximum absolute atomic E-state index is 13.1. The lowest BCUT2D eigenvalue weighted by Gasteiger charge is -2.26. The molecule has 0 spiro atoms. The summed E-state index contributed by atoms with van der Waals surface area (Å²) in [6.07, 6.45) is 1.59. The second-order valence-corrected chi connectivity index (χ2v) is 10.7. The highest BCUT2D eigenvalue weighted by atomic mass is 32.2. The molecule has 2 aliphatic carbocycles. The number of carboxylic acids is 1. The molecule has 1 amide bonds. The fourth-order valence-corrected chi connectivity index (χ4v) is 6.29. The summed E-state index contributed by atoms with van der Waals surface area (Å²) in [7, 11) is -3.91. The van der Waals surface area contributed by atoms with E-state index in [1.165, 1.54) is 24.3 Å². The van der Waals surface area contributed by atoms with E-state index >= 15 is 0 Å². The molecule has 2 aromatic rings. The Hall–Kier alpha value is -3.14. The molecule has 2 bridgehead atoms. The molecule has 2 aliphatic rings. The Morgan fingerprint density at radius 3 is 2.18 bits per heavy atom. The van der Waals surface area contributed by atoms with Gasteiger partial charge in [0.05, 0.1) is 22.4 Å². The zero-order valence-electron chi connectivity index (χ0n) is 18.9. The normalized spacial score (nSPS) is 24.1. The Kier molecular flexibility index (Phi) is 5.81. The van der Waals surface area contributed by atoms with Crippen LogP contribution >= 0.6 is 0 Å². The summed E-state index contributed by atoms with van der Waals surface area (Å²) in [5.41, 5.74) is 3.77. The Bertz CT molecular complexity index is 1240. The van der Waals surface area contributed by atoms with E-state index in [1.807, 2.05) is 13.8 Å². The summed E-state index contributed by atoms with van der Waals surface area (Å²) >= 11 is 0. The number of carboxylic acid groups (broad SMARTS) is 1. The number of allylic oxidation sites excluding steroid dienone is 2. The predicted octanol–water partition coefficient (Wildman–Crippen LogP) is 3.72. The van der Waals surface area contributed by atoms with Gasteiger partial charge in [-0.25, -0.2) is 13.1 Å². The minimum atomic E-state index is -3.91. The smallest absolute Gasteiger partial charge is 0.307 e. The first-order valence-corrected chi connectivity index (χ1v) is 12.3. The van der Waals surface area contributed by atoms with Gasteiger partial charge in [-0.05, 0) is 76.6 Å². The summed E-state index contributed by atoms with van der Waals surface area (Å²) in [5, 5.41) is 16.3. The SMILES string of the molecule is CC(C)=C1[C@H]2CC[C@H]1[C@@H](C(=O)Nc1ccc(S(=O)(=O)Nc3onc(C)c3C)cc1)[C@H]2C(=O)O. The molecule has 4 atom stereocenters. The van der Waals surface area contributed by atoms with Crippen LogP contribution in [0.25, 0.3) is 0 Å². The van der Waals surface area contributed by atoms with Gasteiger partial charge < -0.3 is 14.9 Å². The molecule has 1 aromatic carbocycles. The van der Waals surface area contributed by atoms with E-state index in [1.54, 1.807) is 13.8 Å². The first kappa shape index (κ1) is 23.0. The van der Waals surface area contributed by atoms with Gasteiger partial charge in [0, 0.05) is 11.3 Å². The minimum Gasteiger partial charge on any atom is -0.481 e. The number of hydrogen-bond acceptors (Lipinski definition) is 6. The molecule has 0 unspecified atom stereocenters. The Morgan fingerprint density at radius 1 is 1.06 bits per heavy atom. The topological polar surface area (TPSA) is 139 Å². The Labute approximate surface area is 192 Å². The van der Waals surface area contributed by atoms with Crippen LogP contribution in [0.5, 0.6) is 0 Å². The Morgan fingerprint density at radius 2 is 1.67 bits per heavy atom. The number of nitrogens with one attached hydrogen (secondary N) is 2. The van der Waals surface area contributed by atoms with Gasteiger partial charge in [0.15, 0.2) is 0 Å². The first-order chi connectivity index (χ1) is 15.5. The van der Waals surface area contributed by atoms with Gasteiger partial charge in [-0.2, -0.15) is 0 Å². The van der Waals surface area contributed by atoms with Crippen LogP contribution in [0.3, 0.4) is 0 Å². The Balaban J connectivity index is 1.51. The van der Waals surface area contributed by atoms with Crippen molar-refractivity contribution in [2.75, 3.05) is 10.0 Å². The van der Waals surface area contributed by atoms with Gasteiger partial charge in [-0.15, -0.1) is 0 Å². The number of nitrogens with zero attached hydrogens (tertiary/aromatic N) is 1. The van der Waals surface area contributed by atoms with Gasteiger partial charge in [-0.3, -0.25) is 9.59 Å². The summed E-state index contributed by atoms with van der Waals surface area (Å²) in [6, 6.07) is 5.70. The van der Waals surface area contributed by atoms with Crippen molar-refractivity contribution in [1.82, 2.24) is 5.16 Å². The van der Waals surface area contributed by atoms with Crippen LogP contribution in [0, 0.1) is 37.5 Å². The van der Waals surface area contributed by atoms with Crippen molar-refractivity contribution in [3.63, 3.8) is 0 Å². The second-order valence-electron chi connectivity index (χ2n) is 8.98. The fourth-order valence-electron chi connectivity index (χ4n) is 5.24. The van der Waals surface area contributed by atoms with Crippen molar-refractivity contribution in [2.45, 2.75) is 45.4 Å². The van der Waals surface area contributed by atoms with Crippen LogP contribution in [-0.2, 0) is 19.6 Å². The third-order valence-electron chi connectivity index (χ3n) is 6.82. The maximum Gasteiger partial charge on any atom is 0.307 e. The highest BCUT2D eigenvalue weighted by Gasteiger charge is 2.57. The van der Waals surface area contributed by atoms with Crippen molar-refractivity contribution in [3.05, 3.63) is 46.7 Å². The zero-order chi connectivity index (χ0) is 24.1. The van der Waals surface area contributed by atoms with E-state index in [9.17, 15) is 23.1 Å². The zero-order valence-corrected chi connectivity index (χ0v) is 19.7. The van der Waals surface area contributed by atoms with Crippen molar-refractivity contribution in [1.29, 1.82) is 0 Å². The van der Waals surface area contributed by atoms with Crippen LogP contribution in [-0.4, -0.2) is 30.6 Å². The van der Waals surface area contributed by atoms with E-state index < -0.39 is 27.8 Å². The fraction of sp³-hybridized carbons (Fsp3) is 0.435. The van der Waals surface area contributed by atoms with Gasteiger partial charge in [0.1, 0.15) is 0 Å². The third kappa shape index (κ3) is 4.03. The number of carbonyl (C=O) groups excluding carboxylic acids is 1. The number of rotatable bonds is 6. The molecule has 3 N–H and O–H groups in total. The highest BCUT2D eigenvalue weighted by molar-refractivity contribution is 7.92. The largest absolute Gasteiger partial charge is 0.481 e. The van der Waals surface area contributed by atoms with Crippen molar-refractivity contribution < 1.29 is 27.6 Å². The van der Waals surface area contributed by atoms with Gasteiger partial charge in [0.25, 0.3) is 10.0 Å². The summed E-state index contributed by atoms with van der Waals surface area (Å²) < 4.78 is 32.7. The van der Waals surface area contributed by atoms with Crippen LogP contribution in [0.1, 0.15) is 37.9 Å². The van der Waals surface area contributed by atoms with E-state index in [-0.39, 0.29) is 28.5 Å². The number of hydrogen-bond donors (Lipinski definition) is 3. The summed E-state index contributed by atoms with van der Waals surface area (Å²) in [6.45, 7) is 7.34. The second kappa shape index (κ2) is 8.33. The molecule has 176 valence electrons. The van der Waals surface area contributed by atoms with Crippen LogP contribution in [0.15, 0.2) is 44.8 Å². The van der Waals surface area contributed by atoms with E-state index in [0.29, 0.717) is 16.9 Å². The average Bonchev–Trinajstić information content (AvgIpc) is 3.41. The molecule has 1 aromatic heterocycles. The molecule has 4 rings (SSSR count). The molecule has 0 aliphatic heterocycles. The maximum atomic E-state index is 13.1. The first-order valence-electron chi connectivity index (χ1n) is 10.8. The molecule has 0 radical (unpaired) electrons.